The summed E-state index contributed by atoms with van der Waals surface area (Å²) in [6, 6.07) is 11.8. The zero-order valence-corrected chi connectivity index (χ0v) is 12.7. The third kappa shape index (κ3) is 2.88. The number of rotatable bonds is 3. The molecule has 0 aromatic heterocycles. The highest BCUT2D eigenvalue weighted by Crippen LogP contribution is 2.33. The zero-order valence-electron chi connectivity index (χ0n) is 10.3. The molecule has 3 heteroatoms. The van der Waals surface area contributed by atoms with Gasteiger partial charge in [-0.3, -0.25) is 0 Å². The summed E-state index contributed by atoms with van der Waals surface area (Å²) in [5, 5.41) is 1.51. The van der Waals surface area contributed by atoms with E-state index in [1.54, 1.807) is 0 Å². The van der Waals surface area contributed by atoms with Gasteiger partial charge in [-0.15, -0.1) is 0 Å². The number of hydrogen-bond donors (Lipinski definition) is 0. The summed E-state index contributed by atoms with van der Waals surface area (Å²) in [5.74, 6) is 1.76. The van der Waals surface area contributed by atoms with E-state index in [0.717, 1.165) is 38.5 Å². The molecule has 0 bridgehead atoms. The Labute approximate surface area is 121 Å². The monoisotopic (exact) mass is 324 g/mol. The molecule has 0 fully saturated rings. The molecule has 0 spiro atoms. The largest absolute Gasteiger partial charge is 0.456 e. The summed E-state index contributed by atoms with van der Waals surface area (Å²) in [6.07, 6.45) is 0. The molecule has 0 N–H and O–H groups in total. The molecule has 0 aliphatic rings. The Morgan fingerprint density at radius 3 is 2.33 bits per heavy atom. The van der Waals surface area contributed by atoms with Crippen molar-refractivity contribution in [1.82, 2.24) is 0 Å². The van der Waals surface area contributed by atoms with Crippen molar-refractivity contribution >= 4 is 27.5 Å². The molecule has 0 radical (unpaired) electrons. The minimum absolute atomic E-state index is 0.742. The lowest BCUT2D eigenvalue weighted by Gasteiger charge is -2.14. The van der Waals surface area contributed by atoms with Gasteiger partial charge < -0.3 is 4.74 Å². The SMILES string of the molecule is Cc1cc(Cl)cc(C)c1Oc1ccccc1CBr. The second kappa shape index (κ2) is 5.77. The van der Waals surface area contributed by atoms with Crippen LogP contribution in [0.1, 0.15) is 16.7 Å². The van der Waals surface area contributed by atoms with Crippen LogP contribution in [-0.2, 0) is 5.33 Å². The predicted octanol–water partition coefficient (Wildman–Crippen LogP) is 5.64. The molecule has 0 unspecified atom stereocenters. The number of aryl methyl sites for hydroxylation is 2. The van der Waals surface area contributed by atoms with E-state index < -0.39 is 0 Å². The maximum atomic E-state index is 6.03. The quantitative estimate of drug-likeness (QED) is 0.663. The fourth-order valence-electron chi connectivity index (χ4n) is 1.88. The maximum Gasteiger partial charge on any atom is 0.133 e. The molecule has 0 saturated heterocycles. The van der Waals surface area contributed by atoms with Crippen LogP contribution in [0.15, 0.2) is 36.4 Å². The first-order valence-electron chi connectivity index (χ1n) is 5.70. The van der Waals surface area contributed by atoms with Gasteiger partial charge in [0.25, 0.3) is 0 Å². The van der Waals surface area contributed by atoms with Gasteiger partial charge in [-0.25, -0.2) is 0 Å². The summed E-state index contributed by atoms with van der Waals surface area (Å²) in [5.41, 5.74) is 3.22. The third-order valence-corrected chi connectivity index (χ3v) is 3.58. The second-order valence-electron chi connectivity index (χ2n) is 4.21. The molecular formula is C15H14BrClO. The van der Waals surface area contributed by atoms with Crippen LogP contribution in [-0.4, -0.2) is 0 Å². The van der Waals surface area contributed by atoms with Gasteiger partial charge in [-0.05, 0) is 43.2 Å². The Hall–Kier alpha value is -0.990. The zero-order chi connectivity index (χ0) is 13.1. The number of alkyl halides is 1. The van der Waals surface area contributed by atoms with Crippen molar-refractivity contribution in [2.75, 3.05) is 0 Å². The molecule has 94 valence electrons. The Morgan fingerprint density at radius 2 is 1.72 bits per heavy atom. The van der Waals surface area contributed by atoms with E-state index in [-0.39, 0.29) is 0 Å². The molecular weight excluding hydrogens is 312 g/mol. The number of hydrogen-bond acceptors (Lipinski definition) is 1. The summed E-state index contributed by atoms with van der Waals surface area (Å²) < 4.78 is 6.03. The summed E-state index contributed by atoms with van der Waals surface area (Å²) in [6.45, 7) is 4.01. The summed E-state index contributed by atoms with van der Waals surface area (Å²) >= 11 is 9.49. The molecule has 0 heterocycles. The molecule has 2 aromatic carbocycles. The van der Waals surface area contributed by atoms with Crippen LogP contribution in [0.25, 0.3) is 0 Å². The standard InChI is InChI=1S/C15H14BrClO/c1-10-7-13(17)8-11(2)15(10)18-14-6-4-3-5-12(14)9-16/h3-8H,9H2,1-2H3. The lowest BCUT2D eigenvalue weighted by atomic mass is 10.1. The van der Waals surface area contributed by atoms with Gasteiger partial charge in [0.05, 0.1) is 0 Å². The van der Waals surface area contributed by atoms with E-state index in [9.17, 15) is 0 Å². The molecule has 0 aliphatic heterocycles. The first-order chi connectivity index (χ1) is 8.61. The van der Waals surface area contributed by atoms with Crippen molar-refractivity contribution in [3.05, 3.63) is 58.1 Å². The summed E-state index contributed by atoms with van der Waals surface area (Å²) in [4.78, 5) is 0. The molecule has 0 atom stereocenters. The van der Waals surface area contributed by atoms with Crippen LogP contribution in [0, 0.1) is 13.8 Å². The molecule has 18 heavy (non-hydrogen) atoms. The minimum Gasteiger partial charge on any atom is -0.456 e. The highest BCUT2D eigenvalue weighted by atomic mass is 79.9. The van der Waals surface area contributed by atoms with Gasteiger partial charge in [-0.1, -0.05) is 45.7 Å². The third-order valence-electron chi connectivity index (χ3n) is 2.75. The number of ether oxygens (including phenoxy) is 1. The smallest absolute Gasteiger partial charge is 0.133 e. The van der Waals surface area contributed by atoms with E-state index in [0.29, 0.717) is 0 Å². The topological polar surface area (TPSA) is 9.23 Å². The van der Waals surface area contributed by atoms with Gasteiger partial charge in [-0.2, -0.15) is 0 Å². The van der Waals surface area contributed by atoms with Crippen LogP contribution >= 0.6 is 27.5 Å². The Bertz CT molecular complexity index is 543. The molecule has 1 nitrogen and oxygen atoms in total. The first-order valence-corrected chi connectivity index (χ1v) is 7.20. The van der Waals surface area contributed by atoms with Crippen molar-refractivity contribution in [3.8, 4) is 11.5 Å². The van der Waals surface area contributed by atoms with Crippen LogP contribution in [0.5, 0.6) is 11.5 Å². The minimum atomic E-state index is 0.742. The van der Waals surface area contributed by atoms with Crippen molar-refractivity contribution in [3.63, 3.8) is 0 Å². The number of benzene rings is 2. The van der Waals surface area contributed by atoms with Crippen molar-refractivity contribution in [2.24, 2.45) is 0 Å². The van der Waals surface area contributed by atoms with Crippen LogP contribution < -0.4 is 4.74 Å². The van der Waals surface area contributed by atoms with Crippen molar-refractivity contribution < 1.29 is 4.74 Å². The van der Waals surface area contributed by atoms with Crippen LogP contribution in [0.2, 0.25) is 5.02 Å². The van der Waals surface area contributed by atoms with Crippen molar-refractivity contribution in [2.45, 2.75) is 19.2 Å². The van der Waals surface area contributed by atoms with Crippen LogP contribution in [0.3, 0.4) is 0 Å². The highest BCUT2D eigenvalue weighted by molar-refractivity contribution is 9.08. The Morgan fingerprint density at radius 1 is 1.11 bits per heavy atom. The average Bonchev–Trinajstić information content (AvgIpc) is 2.34. The first kappa shape index (κ1) is 13.4. The van der Waals surface area contributed by atoms with Gasteiger partial charge in [0.1, 0.15) is 11.5 Å². The molecule has 0 saturated carbocycles. The van der Waals surface area contributed by atoms with Crippen molar-refractivity contribution in [1.29, 1.82) is 0 Å². The predicted molar refractivity (Wildman–Crippen MR) is 80.1 cm³/mol. The Balaban J connectivity index is 2.40. The lowest BCUT2D eigenvalue weighted by Crippen LogP contribution is -1.94. The molecule has 2 aromatic rings. The fraction of sp³-hybridized carbons (Fsp3) is 0.200. The maximum absolute atomic E-state index is 6.03. The molecule has 0 amide bonds. The van der Waals surface area contributed by atoms with Gasteiger partial charge in [0.15, 0.2) is 0 Å². The van der Waals surface area contributed by atoms with E-state index >= 15 is 0 Å². The number of para-hydroxylation sites is 1. The lowest BCUT2D eigenvalue weighted by molar-refractivity contribution is 0.471. The van der Waals surface area contributed by atoms with E-state index in [4.69, 9.17) is 16.3 Å². The normalized spacial score (nSPS) is 10.4. The van der Waals surface area contributed by atoms with Gasteiger partial charge in [0.2, 0.25) is 0 Å². The average molecular weight is 326 g/mol. The van der Waals surface area contributed by atoms with E-state index in [2.05, 4.69) is 15.9 Å². The Kier molecular flexibility index (Phi) is 4.31. The number of halogens is 2. The summed E-state index contributed by atoms with van der Waals surface area (Å²) in [7, 11) is 0. The van der Waals surface area contributed by atoms with Gasteiger partial charge in [0, 0.05) is 15.9 Å². The second-order valence-corrected chi connectivity index (χ2v) is 5.21. The fourth-order valence-corrected chi connectivity index (χ4v) is 2.67. The molecule has 0 aliphatic carbocycles. The van der Waals surface area contributed by atoms with Gasteiger partial charge >= 0.3 is 0 Å². The van der Waals surface area contributed by atoms with E-state index in [1.165, 1.54) is 0 Å². The van der Waals surface area contributed by atoms with E-state index in [1.807, 2.05) is 50.2 Å². The highest BCUT2D eigenvalue weighted by Gasteiger charge is 2.09. The van der Waals surface area contributed by atoms with Crippen LogP contribution in [0.4, 0.5) is 0 Å². The molecule has 2 rings (SSSR count).